The second-order valence-electron chi connectivity index (χ2n) is 8.89. The number of anilines is 1. The summed E-state index contributed by atoms with van der Waals surface area (Å²) in [5.41, 5.74) is 1.18. The average molecular weight is 545 g/mol. The van der Waals surface area contributed by atoms with Gasteiger partial charge in [-0.2, -0.15) is 0 Å². The van der Waals surface area contributed by atoms with E-state index >= 15 is 0 Å². The largest absolute Gasteiger partial charge is 0.497 e. The van der Waals surface area contributed by atoms with Crippen LogP contribution in [-0.2, 0) is 14.8 Å². The van der Waals surface area contributed by atoms with Crippen molar-refractivity contribution < 1.29 is 22.7 Å². The maximum atomic E-state index is 13.8. The van der Waals surface area contributed by atoms with E-state index in [4.69, 9.17) is 21.1 Å². The van der Waals surface area contributed by atoms with E-state index in [1.807, 2.05) is 31.2 Å². The van der Waals surface area contributed by atoms with Crippen LogP contribution < -0.4 is 19.1 Å². The maximum Gasteiger partial charge on any atom is 0.264 e. The number of ether oxygens (including phenoxy) is 2. The molecular weight excluding hydrogens is 512 g/mol. The van der Waals surface area contributed by atoms with E-state index in [2.05, 4.69) is 19.2 Å². The monoisotopic (exact) mass is 544 g/mol. The summed E-state index contributed by atoms with van der Waals surface area (Å²) in [4.78, 5) is 13.4. The first-order valence-electron chi connectivity index (χ1n) is 12.1. The first kappa shape index (κ1) is 28.3. The highest BCUT2D eigenvalue weighted by molar-refractivity contribution is 7.92. The van der Waals surface area contributed by atoms with Crippen molar-refractivity contribution >= 4 is 33.2 Å². The third kappa shape index (κ3) is 7.40. The van der Waals surface area contributed by atoms with Crippen molar-refractivity contribution in [1.82, 2.24) is 5.32 Å². The van der Waals surface area contributed by atoms with Crippen molar-refractivity contribution in [2.75, 3.05) is 24.6 Å². The Morgan fingerprint density at radius 1 is 1.00 bits per heavy atom. The molecule has 0 aliphatic carbocycles. The Balaban J connectivity index is 1.97. The van der Waals surface area contributed by atoms with Crippen molar-refractivity contribution in [3.8, 4) is 11.5 Å². The molecule has 0 unspecified atom stereocenters. The number of sulfonamides is 1. The first-order valence-corrected chi connectivity index (χ1v) is 13.9. The summed E-state index contributed by atoms with van der Waals surface area (Å²) >= 11 is 5.98. The fourth-order valence-corrected chi connectivity index (χ4v) is 5.49. The van der Waals surface area contributed by atoms with Crippen LogP contribution in [0.4, 0.5) is 5.69 Å². The molecule has 0 saturated heterocycles. The van der Waals surface area contributed by atoms with Crippen molar-refractivity contribution in [3.05, 3.63) is 83.4 Å². The minimum Gasteiger partial charge on any atom is -0.497 e. The zero-order valence-corrected chi connectivity index (χ0v) is 23.1. The first-order chi connectivity index (χ1) is 17.6. The van der Waals surface area contributed by atoms with Gasteiger partial charge in [0.15, 0.2) is 0 Å². The molecule has 0 radical (unpaired) electrons. The molecule has 1 atom stereocenters. The standard InChI is InChI=1S/C28H33ClN2O5S/c1-5-36-27-9-7-6-8-26(27)31(37(33,34)24-16-12-22(29)13-17-24)19-28(32)30-25(18-20(2)3)21-10-14-23(35-4)15-11-21/h6-17,20,25H,5,18-19H2,1-4H3,(H,30,32)/t25-/m0/s1. The quantitative estimate of drug-likeness (QED) is 0.309. The Labute approximate surface area is 224 Å². The SMILES string of the molecule is CCOc1ccccc1N(CC(=O)N[C@@H](CC(C)C)c1ccc(OC)cc1)S(=O)(=O)c1ccc(Cl)cc1. The second kappa shape index (κ2) is 12.8. The van der Waals surface area contributed by atoms with Crippen LogP contribution in [0.2, 0.25) is 5.02 Å². The van der Waals surface area contributed by atoms with Crippen LogP contribution in [0.1, 0.15) is 38.8 Å². The number of carbonyl (C=O) groups excluding carboxylic acids is 1. The highest BCUT2D eigenvalue weighted by Gasteiger charge is 2.30. The van der Waals surface area contributed by atoms with E-state index in [9.17, 15) is 13.2 Å². The van der Waals surface area contributed by atoms with Gasteiger partial charge in [-0.25, -0.2) is 8.42 Å². The molecule has 1 N–H and O–H groups in total. The van der Waals surface area contributed by atoms with Gasteiger partial charge < -0.3 is 14.8 Å². The van der Waals surface area contributed by atoms with Gasteiger partial charge in [-0.3, -0.25) is 9.10 Å². The summed E-state index contributed by atoms with van der Waals surface area (Å²) in [5, 5.41) is 3.45. The molecule has 198 valence electrons. The summed E-state index contributed by atoms with van der Waals surface area (Å²) in [6.45, 7) is 5.86. The van der Waals surface area contributed by atoms with E-state index < -0.39 is 22.5 Å². The molecule has 3 rings (SSSR count). The van der Waals surface area contributed by atoms with Gasteiger partial charge >= 0.3 is 0 Å². The van der Waals surface area contributed by atoms with Gasteiger partial charge in [0.2, 0.25) is 5.91 Å². The summed E-state index contributed by atoms with van der Waals surface area (Å²) in [7, 11) is -2.53. The van der Waals surface area contributed by atoms with Gasteiger partial charge in [0, 0.05) is 5.02 Å². The second-order valence-corrected chi connectivity index (χ2v) is 11.2. The normalized spacial score (nSPS) is 12.2. The van der Waals surface area contributed by atoms with Crippen molar-refractivity contribution in [3.63, 3.8) is 0 Å². The predicted octanol–water partition coefficient (Wildman–Crippen LogP) is 5.85. The number of hydrogen-bond acceptors (Lipinski definition) is 5. The smallest absolute Gasteiger partial charge is 0.264 e. The molecule has 9 heteroatoms. The topological polar surface area (TPSA) is 84.9 Å². The van der Waals surface area contributed by atoms with Crippen LogP contribution in [0, 0.1) is 5.92 Å². The van der Waals surface area contributed by atoms with Crippen molar-refractivity contribution in [2.24, 2.45) is 5.92 Å². The number of amides is 1. The van der Waals surface area contributed by atoms with Crippen LogP contribution in [0.5, 0.6) is 11.5 Å². The van der Waals surface area contributed by atoms with Gasteiger partial charge in [0.1, 0.15) is 18.0 Å². The molecule has 0 fully saturated rings. The minimum atomic E-state index is -4.12. The molecule has 0 aromatic heterocycles. The third-order valence-corrected chi connectivity index (χ3v) is 7.71. The molecule has 0 aliphatic rings. The average Bonchev–Trinajstić information content (AvgIpc) is 2.87. The van der Waals surface area contributed by atoms with E-state index in [1.54, 1.807) is 31.4 Å². The van der Waals surface area contributed by atoms with E-state index in [1.165, 1.54) is 24.3 Å². The molecule has 3 aromatic rings. The molecule has 1 amide bonds. The molecular formula is C28H33ClN2O5S. The lowest BCUT2D eigenvalue weighted by atomic mass is 9.97. The van der Waals surface area contributed by atoms with E-state index in [0.29, 0.717) is 35.5 Å². The van der Waals surface area contributed by atoms with Gasteiger partial charge in [-0.05, 0) is 73.4 Å². The summed E-state index contributed by atoms with van der Waals surface area (Å²) in [5.74, 6) is 0.931. The fourth-order valence-electron chi connectivity index (χ4n) is 3.93. The highest BCUT2D eigenvalue weighted by Crippen LogP contribution is 2.33. The van der Waals surface area contributed by atoms with Gasteiger partial charge in [0.05, 0.1) is 30.3 Å². The maximum absolute atomic E-state index is 13.8. The van der Waals surface area contributed by atoms with Crippen molar-refractivity contribution in [1.29, 1.82) is 0 Å². The lowest BCUT2D eigenvalue weighted by Gasteiger charge is -2.27. The third-order valence-electron chi connectivity index (χ3n) is 5.68. The Hall–Kier alpha value is -3.23. The Morgan fingerprint density at radius 3 is 2.24 bits per heavy atom. The Bertz CT molecular complexity index is 1280. The van der Waals surface area contributed by atoms with Crippen molar-refractivity contribution in [2.45, 2.75) is 38.1 Å². The van der Waals surface area contributed by atoms with Gasteiger partial charge in [0.25, 0.3) is 10.0 Å². The molecule has 0 spiro atoms. The number of hydrogen-bond donors (Lipinski definition) is 1. The fraction of sp³-hybridized carbons (Fsp3) is 0.321. The Morgan fingerprint density at radius 2 is 1.65 bits per heavy atom. The number of nitrogens with one attached hydrogen (secondary N) is 1. The number of para-hydroxylation sites is 2. The number of rotatable bonds is 12. The molecule has 0 aliphatic heterocycles. The van der Waals surface area contributed by atoms with Crippen LogP contribution in [-0.4, -0.2) is 34.6 Å². The summed E-state index contributed by atoms with van der Waals surface area (Å²) in [6.07, 6.45) is 0.678. The number of methoxy groups -OCH3 is 1. The summed E-state index contributed by atoms with van der Waals surface area (Å²) < 4.78 is 39.6. The lowest BCUT2D eigenvalue weighted by molar-refractivity contribution is -0.120. The van der Waals surface area contributed by atoms with Gasteiger partial charge in [-0.15, -0.1) is 0 Å². The predicted molar refractivity (Wildman–Crippen MR) is 147 cm³/mol. The molecule has 0 saturated carbocycles. The zero-order chi connectivity index (χ0) is 27.0. The summed E-state index contributed by atoms with van der Waals surface area (Å²) in [6, 6.07) is 19.8. The Kier molecular flexibility index (Phi) is 9.83. The number of nitrogens with zero attached hydrogens (tertiary/aromatic N) is 1. The number of benzene rings is 3. The van der Waals surface area contributed by atoms with Crippen LogP contribution in [0.15, 0.2) is 77.7 Å². The van der Waals surface area contributed by atoms with E-state index in [-0.39, 0.29) is 16.6 Å². The lowest BCUT2D eigenvalue weighted by Crippen LogP contribution is -2.42. The number of carbonyl (C=O) groups is 1. The molecule has 37 heavy (non-hydrogen) atoms. The molecule has 0 bridgehead atoms. The number of halogens is 1. The van der Waals surface area contributed by atoms with Crippen LogP contribution in [0.3, 0.4) is 0 Å². The molecule has 0 heterocycles. The molecule has 7 nitrogen and oxygen atoms in total. The zero-order valence-electron chi connectivity index (χ0n) is 21.5. The van der Waals surface area contributed by atoms with E-state index in [0.717, 1.165) is 9.87 Å². The minimum absolute atomic E-state index is 0.0184. The van der Waals surface area contributed by atoms with Crippen LogP contribution in [0.25, 0.3) is 0 Å². The molecule has 3 aromatic carbocycles. The van der Waals surface area contributed by atoms with Crippen LogP contribution >= 0.6 is 11.6 Å². The highest BCUT2D eigenvalue weighted by atomic mass is 35.5. The van der Waals surface area contributed by atoms with Gasteiger partial charge in [-0.1, -0.05) is 49.7 Å².